The molecular weight excluding hydrogens is 410 g/mol. The molecule has 0 aromatic heterocycles. The minimum atomic E-state index is 0.519. The second-order valence-corrected chi connectivity index (χ2v) is 7.69. The molecule has 2 nitrogen and oxygen atoms in total. The van der Waals surface area contributed by atoms with Gasteiger partial charge in [-0.1, -0.05) is 57.4 Å². The van der Waals surface area contributed by atoms with Crippen LogP contribution in [0.3, 0.4) is 0 Å². The average molecular weight is 431 g/mol. The van der Waals surface area contributed by atoms with E-state index in [1.807, 2.05) is 42.5 Å². The fourth-order valence-corrected chi connectivity index (χ4v) is 3.23. The van der Waals surface area contributed by atoms with Gasteiger partial charge < -0.3 is 10.1 Å². The van der Waals surface area contributed by atoms with Gasteiger partial charge >= 0.3 is 0 Å². The fourth-order valence-electron chi connectivity index (χ4n) is 2.77. The van der Waals surface area contributed by atoms with Crippen molar-refractivity contribution in [1.82, 2.24) is 0 Å². The maximum atomic E-state index is 6.20. The van der Waals surface area contributed by atoms with Crippen LogP contribution in [0.5, 0.6) is 5.75 Å². The maximum absolute atomic E-state index is 6.20. The summed E-state index contributed by atoms with van der Waals surface area (Å²) in [6.07, 6.45) is 0. The van der Waals surface area contributed by atoms with Crippen molar-refractivity contribution in [2.75, 3.05) is 5.32 Å². The normalized spacial score (nSPS) is 10.6. The molecule has 0 aliphatic rings. The first-order valence-corrected chi connectivity index (χ1v) is 9.65. The van der Waals surface area contributed by atoms with Crippen molar-refractivity contribution in [2.45, 2.75) is 27.0 Å². The minimum Gasteiger partial charge on any atom is -0.489 e. The SMILES string of the molecule is Cc1ccc(NCc2cc(Cl)ccc2OCc2ccc(Br)cc2)c(C)c1. The van der Waals surface area contributed by atoms with Gasteiger partial charge in [0.25, 0.3) is 0 Å². The lowest BCUT2D eigenvalue weighted by atomic mass is 10.1. The van der Waals surface area contributed by atoms with Crippen molar-refractivity contribution in [3.8, 4) is 5.75 Å². The van der Waals surface area contributed by atoms with E-state index >= 15 is 0 Å². The van der Waals surface area contributed by atoms with Crippen molar-refractivity contribution in [3.05, 3.63) is 92.4 Å². The Hall–Kier alpha value is -1.97. The zero-order valence-corrected chi connectivity index (χ0v) is 17.2. The predicted octanol–water partition coefficient (Wildman–Crippen LogP) is 6.91. The molecule has 0 saturated heterocycles. The molecule has 0 aliphatic heterocycles. The van der Waals surface area contributed by atoms with Crippen LogP contribution >= 0.6 is 27.5 Å². The molecule has 4 heteroatoms. The topological polar surface area (TPSA) is 21.3 Å². The molecule has 3 rings (SSSR count). The highest BCUT2D eigenvalue weighted by molar-refractivity contribution is 9.10. The van der Waals surface area contributed by atoms with Crippen LogP contribution in [0.15, 0.2) is 65.1 Å². The lowest BCUT2D eigenvalue weighted by Gasteiger charge is -2.15. The van der Waals surface area contributed by atoms with E-state index < -0.39 is 0 Å². The number of aryl methyl sites for hydroxylation is 2. The summed E-state index contributed by atoms with van der Waals surface area (Å²) in [5.41, 5.74) is 5.76. The molecule has 0 aliphatic carbocycles. The lowest BCUT2D eigenvalue weighted by Crippen LogP contribution is -2.05. The van der Waals surface area contributed by atoms with E-state index in [2.05, 4.69) is 53.3 Å². The van der Waals surface area contributed by atoms with Gasteiger partial charge in [0, 0.05) is 27.3 Å². The van der Waals surface area contributed by atoms with Crippen molar-refractivity contribution < 1.29 is 4.74 Å². The van der Waals surface area contributed by atoms with Crippen molar-refractivity contribution >= 4 is 33.2 Å². The second-order valence-electron chi connectivity index (χ2n) is 6.34. The van der Waals surface area contributed by atoms with Crippen LogP contribution in [0.2, 0.25) is 5.02 Å². The number of halogens is 2. The van der Waals surface area contributed by atoms with E-state index in [-0.39, 0.29) is 0 Å². The van der Waals surface area contributed by atoms with Crippen LogP contribution in [0.1, 0.15) is 22.3 Å². The summed E-state index contributed by atoms with van der Waals surface area (Å²) < 4.78 is 7.10. The van der Waals surface area contributed by atoms with E-state index in [0.717, 1.165) is 27.0 Å². The maximum Gasteiger partial charge on any atom is 0.124 e. The smallest absolute Gasteiger partial charge is 0.124 e. The zero-order valence-electron chi connectivity index (χ0n) is 14.9. The van der Waals surface area contributed by atoms with Gasteiger partial charge in [-0.3, -0.25) is 0 Å². The monoisotopic (exact) mass is 429 g/mol. The Morgan fingerprint density at radius 1 is 0.962 bits per heavy atom. The molecular formula is C22H21BrClNO. The number of rotatable bonds is 6. The second kappa shape index (κ2) is 8.61. The molecule has 3 aromatic rings. The van der Waals surface area contributed by atoms with Crippen LogP contribution in [0.4, 0.5) is 5.69 Å². The summed E-state index contributed by atoms with van der Waals surface area (Å²) in [6, 6.07) is 20.3. The molecule has 0 unspecified atom stereocenters. The van der Waals surface area contributed by atoms with E-state index in [1.54, 1.807) is 0 Å². The molecule has 0 spiro atoms. The van der Waals surface area contributed by atoms with Gasteiger partial charge in [0.05, 0.1) is 0 Å². The summed E-state index contributed by atoms with van der Waals surface area (Å²) in [6.45, 7) is 5.38. The van der Waals surface area contributed by atoms with E-state index in [4.69, 9.17) is 16.3 Å². The van der Waals surface area contributed by atoms with Crippen molar-refractivity contribution in [3.63, 3.8) is 0 Å². The Morgan fingerprint density at radius 3 is 2.46 bits per heavy atom. The third-order valence-electron chi connectivity index (χ3n) is 4.18. The Balaban J connectivity index is 1.71. The molecule has 0 heterocycles. The summed E-state index contributed by atoms with van der Waals surface area (Å²) >= 11 is 9.65. The van der Waals surface area contributed by atoms with Gasteiger partial charge in [0.1, 0.15) is 12.4 Å². The molecule has 0 amide bonds. The van der Waals surface area contributed by atoms with Crippen LogP contribution in [-0.2, 0) is 13.2 Å². The molecule has 0 saturated carbocycles. The Bertz CT molecular complexity index is 893. The van der Waals surface area contributed by atoms with Crippen LogP contribution in [0.25, 0.3) is 0 Å². The van der Waals surface area contributed by atoms with E-state index in [1.165, 1.54) is 11.1 Å². The van der Waals surface area contributed by atoms with Gasteiger partial charge in [0.15, 0.2) is 0 Å². The zero-order chi connectivity index (χ0) is 18.5. The Morgan fingerprint density at radius 2 is 1.73 bits per heavy atom. The molecule has 0 atom stereocenters. The molecule has 0 bridgehead atoms. The molecule has 1 N–H and O–H groups in total. The van der Waals surface area contributed by atoms with Crippen LogP contribution in [-0.4, -0.2) is 0 Å². The van der Waals surface area contributed by atoms with Gasteiger partial charge in [0.2, 0.25) is 0 Å². The number of benzene rings is 3. The molecule has 0 radical (unpaired) electrons. The largest absolute Gasteiger partial charge is 0.489 e. The highest BCUT2D eigenvalue weighted by Crippen LogP contribution is 2.26. The third-order valence-corrected chi connectivity index (χ3v) is 4.95. The fraction of sp³-hybridized carbons (Fsp3) is 0.182. The number of ether oxygens (including phenoxy) is 1. The molecule has 26 heavy (non-hydrogen) atoms. The van der Waals surface area contributed by atoms with Gasteiger partial charge in [-0.05, 0) is 61.4 Å². The first-order valence-electron chi connectivity index (χ1n) is 8.48. The molecule has 134 valence electrons. The summed E-state index contributed by atoms with van der Waals surface area (Å²) in [4.78, 5) is 0. The Kier molecular flexibility index (Phi) is 6.23. The Labute approximate surface area is 168 Å². The predicted molar refractivity (Wildman–Crippen MR) is 113 cm³/mol. The molecule has 3 aromatic carbocycles. The minimum absolute atomic E-state index is 0.519. The summed E-state index contributed by atoms with van der Waals surface area (Å²) in [5.74, 6) is 0.842. The third kappa shape index (κ3) is 5.03. The standard InChI is InChI=1S/C22H21BrClNO/c1-15-3-9-21(16(2)11-15)25-13-18-12-20(24)8-10-22(18)26-14-17-4-6-19(23)7-5-17/h3-12,25H,13-14H2,1-2H3. The lowest BCUT2D eigenvalue weighted by molar-refractivity contribution is 0.303. The van der Waals surface area contributed by atoms with E-state index in [0.29, 0.717) is 18.2 Å². The van der Waals surface area contributed by atoms with E-state index in [9.17, 15) is 0 Å². The van der Waals surface area contributed by atoms with Crippen LogP contribution in [0, 0.1) is 13.8 Å². The number of anilines is 1. The highest BCUT2D eigenvalue weighted by Gasteiger charge is 2.07. The summed E-state index contributed by atoms with van der Waals surface area (Å²) in [7, 11) is 0. The van der Waals surface area contributed by atoms with Crippen molar-refractivity contribution in [1.29, 1.82) is 0 Å². The average Bonchev–Trinajstić information content (AvgIpc) is 2.61. The highest BCUT2D eigenvalue weighted by atomic mass is 79.9. The first kappa shape index (κ1) is 18.8. The number of nitrogens with one attached hydrogen (secondary N) is 1. The summed E-state index contributed by atoms with van der Waals surface area (Å²) in [5, 5.41) is 4.19. The van der Waals surface area contributed by atoms with Crippen LogP contribution < -0.4 is 10.1 Å². The van der Waals surface area contributed by atoms with Gasteiger partial charge in [-0.2, -0.15) is 0 Å². The van der Waals surface area contributed by atoms with Gasteiger partial charge in [-0.15, -0.1) is 0 Å². The first-order chi connectivity index (χ1) is 12.5. The number of hydrogen-bond acceptors (Lipinski definition) is 2. The number of hydrogen-bond donors (Lipinski definition) is 1. The van der Waals surface area contributed by atoms with Gasteiger partial charge in [-0.25, -0.2) is 0 Å². The molecule has 0 fully saturated rings. The quantitative estimate of drug-likeness (QED) is 0.458. The van der Waals surface area contributed by atoms with Crippen molar-refractivity contribution in [2.24, 2.45) is 0 Å².